The molecule has 28 heavy (non-hydrogen) atoms. The quantitative estimate of drug-likeness (QED) is 0.287. The lowest BCUT2D eigenvalue weighted by atomic mass is 9.92. The number of carboxylic acids is 2. The van der Waals surface area contributed by atoms with Crippen LogP contribution in [0.1, 0.15) is 54.4 Å². The summed E-state index contributed by atoms with van der Waals surface area (Å²) in [6, 6.07) is -2.13. The minimum atomic E-state index is -1.15. The molecular formula is C18H32N2O6S2. The second-order valence-electron chi connectivity index (χ2n) is 8.96. The Kier molecular flexibility index (Phi) is 11.0. The Balaban J connectivity index is 4.51. The molecule has 0 saturated carbocycles. The van der Waals surface area contributed by atoms with Crippen molar-refractivity contribution in [2.45, 2.75) is 66.5 Å². The third-order valence-electron chi connectivity index (χ3n) is 3.20. The molecule has 8 nitrogen and oxygen atoms in total. The molecule has 2 atom stereocenters. The van der Waals surface area contributed by atoms with E-state index >= 15 is 0 Å². The zero-order valence-electron chi connectivity index (χ0n) is 17.3. The SMILES string of the molecule is CC(C)(C)CC(=O)NC(CSSCC(NC(=O)CC(C)(C)C)C(=O)O)C(=O)O. The second-order valence-corrected chi connectivity index (χ2v) is 11.5. The molecule has 0 heterocycles. The molecule has 0 rings (SSSR count). The van der Waals surface area contributed by atoms with Gasteiger partial charge in [0.1, 0.15) is 12.1 Å². The van der Waals surface area contributed by atoms with Crippen molar-refractivity contribution in [2.24, 2.45) is 10.8 Å². The van der Waals surface area contributed by atoms with E-state index in [0.29, 0.717) is 0 Å². The summed E-state index contributed by atoms with van der Waals surface area (Å²) in [6.45, 7) is 11.3. The first-order valence-corrected chi connectivity index (χ1v) is 11.4. The Morgan fingerprint density at radius 2 is 1.00 bits per heavy atom. The zero-order valence-corrected chi connectivity index (χ0v) is 19.0. The van der Waals surface area contributed by atoms with Crippen LogP contribution < -0.4 is 10.6 Å². The predicted molar refractivity (Wildman–Crippen MR) is 112 cm³/mol. The van der Waals surface area contributed by atoms with Crippen LogP contribution in [0, 0.1) is 10.8 Å². The number of aliphatic carboxylic acids is 2. The van der Waals surface area contributed by atoms with Gasteiger partial charge >= 0.3 is 11.9 Å². The first-order valence-electron chi connectivity index (χ1n) is 8.89. The molecule has 2 unspecified atom stereocenters. The number of carboxylic acid groups (broad SMARTS) is 2. The predicted octanol–water partition coefficient (Wildman–Crippen LogP) is 2.38. The van der Waals surface area contributed by atoms with Gasteiger partial charge in [0, 0.05) is 24.3 Å². The lowest BCUT2D eigenvalue weighted by Gasteiger charge is -2.21. The van der Waals surface area contributed by atoms with Crippen molar-refractivity contribution in [1.82, 2.24) is 10.6 Å². The smallest absolute Gasteiger partial charge is 0.327 e. The molecule has 0 aliphatic heterocycles. The minimum absolute atomic E-state index is 0.0815. The molecule has 4 N–H and O–H groups in total. The van der Waals surface area contributed by atoms with Crippen molar-refractivity contribution in [2.75, 3.05) is 11.5 Å². The number of amides is 2. The fraction of sp³-hybridized carbons (Fsp3) is 0.778. The van der Waals surface area contributed by atoms with E-state index in [-0.39, 0.29) is 47.0 Å². The third kappa shape index (κ3) is 13.7. The zero-order chi connectivity index (χ0) is 22.1. The number of rotatable bonds is 11. The molecule has 0 aromatic rings. The molecule has 0 aromatic carbocycles. The summed E-state index contributed by atoms with van der Waals surface area (Å²) in [5.74, 6) is -2.82. The molecule has 0 aromatic heterocycles. The van der Waals surface area contributed by atoms with Crippen molar-refractivity contribution in [3.8, 4) is 0 Å². The van der Waals surface area contributed by atoms with Crippen LogP contribution in [0.3, 0.4) is 0 Å². The topological polar surface area (TPSA) is 133 Å². The van der Waals surface area contributed by atoms with Crippen LogP contribution in [0.2, 0.25) is 0 Å². The number of hydrogen-bond acceptors (Lipinski definition) is 6. The van der Waals surface area contributed by atoms with E-state index in [4.69, 9.17) is 0 Å². The molecular weight excluding hydrogens is 404 g/mol. The summed E-state index contributed by atoms with van der Waals surface area (Å²) in [4.78, 5) is 46.5. The molecule has 0 aliphatic carbocycles. The minimum Gasteiger partial charge on any atom is -0.480 e. The van der Waals surface area contributed by atoms with E-state index in [1.165, 1.54) is 0 Å². The highest BCUT2D eigenvalue weighted by atomic mass is 33.1. The number of carbonyl (C=O) groups excluding carboxylic acids is 2. The van der Waals surface area contributed by atoms with Gasteiger partial charge in [0.25, 0.3) is 0 Å². The molecule has 0 spiro atoms. The van der Waals surface area contributed by atoms with E-state index in [2.05, 4.69) is 10.6 Å². The van der Waals surface area contributed by atoms with Crippen LogP contribution in [0.15, 0.2) is 0 Å². The lowest BCUT2D eigenvalue weighted by molar-refractivity contribution is -0.141. The highest BCUT2D eigenvalue weighted by Gasteiger charge is 2.25. The van der Waals surface area contributed by atoms with E-state index in [1.807, 2.05) is 41.5 Å². The maximum atomic E-state index is 11.9. The van der Waals surface area contributed by atoms with Crippen LogP contribution >= 0.6 is 21.6 Å². The Labute approximate surface area is 174 Å². The van der Waals surface area contributed by atoms with Gasteiger partial charge in [-0.1, -0.05) is 63.1 Å². The van der Waals surface area contributed by atoms with Crippen molar-refractivity contribution < 1.29 is 29.4 Å². The Morgan fingerprint density at radius 1 is 0.714 bits per heavy atom. The third-order valence-corrected chi connectivity index (χ3v) is 5.62. The van der Waals surface area contributed by atoms with Crippen molar-refractivity contribution in [1.29, 1.82) is 0 Å². The van der Waals surface area contributed by atoms with Crippen LogP contribution in [-0.2, 0) is 19.2 Å². The highest BCUT2D eigenvalue weighted by molar-refractivity contribution is 8.76. The van der Waals surface area contributed by atoms with Crippen molar-refractivity contribution >= 4 is 45.3 Å². The van der Waals surface area contributed by atoms with Gasteiger partial charge in [0.2, 0.25) is 11.8 Å². The Bertz CT molecular complexity index is 519. The van der Waals surface area contributed by atoms with E-state index in [0.717, 1.165) is 21.6 Å². The second kappa shape index (κ2) is 11.5. The van der Waals surface area contributed by atoms with Gasteiger partial charge < -0.3 is 20.8 Å². The van der Waals surface area contributed by atoms with Gasteiger partial charge in [-0.25, -0.2) is 9.59 Å². The van der Waals surface area contributed by atoms with Gasteiger partial charge in [-0.2, -0.15) is 0 Å². The fourth-order valence-electron chi connectivity index (χ4n) is 2.04. The average molecular weight is 437 g/mol. The maximum Gasteiger partial charge on any atom is 0.327 e. The summed E-state index contributed by atoms with van der Waals surface area (Å²) >= 11 is 0. The Hall–Kier alpha value is -1.42. The molecule has 0 saturated heterocycles. The number of hydrogen-bond donors (Lipinski definition) is 4. The normalized spacial score (nSPS) is 14.1. The van der Waals surface area contributed by atoms with Gasteiger partial charge in [-0.15, -0.1) is 0 Å². The van der Waals surface area contributed by atoms with Crippen LogP contribution in [-0.4, -0.2) is 57.6 Å². The molecule has 0 fully saturated rings. The van der Waals surface area contributed by atoms with Gasteiger partial charge in [-0.05, 0) is 10.8 Å². The van der Waals surface area contributed by atoms with Gasteiger partial charge in [-0.3, -0.25) is 9.59 Å². The average Bonchev–Trinajstić information content (AvgIpc) is 2.44. The van der Waals surface area contributed by atoms with Gasteiger partial charge in [0.15, 0.2) is 0 Å². The van der Waals surface area contributed by atoms with Crippen molar-refractivity contribution in [3.63, 3.8) is 0 Å². The standard InChI is InChI=1S/C18H32N2O6S2/c1-17(2,3)7-13(21)19-11(15(23)24)9-27-28-10-12(16(25)26)20-14(22)8-18(4,5)6/h11-12H,7-10H2,1-6H3,(H,19,21)(H,20,22)(H,23,24)(H,25,26). The molecule has 0 aliphatic rings. The number of carbonyl (C=O) groups is 4. The molecule has 162 valence electrons. The first kappa shape index (κ1) is 26.6. The van der Waals surface area contributed by atoms with Crippen LogP contribution in [0.25, 0.3) is 0 Å². The first-order chi connectivity index (χ1) is 12.6. The lowest BCUT2D eigenvalue weighted by Crippen LogP contribution is -2.44. The van der Waals surface area contributed by atoms with Crippen molar-refractivity contribution in [3.05, 3.63) is 0 Å². The molecule has 0 radical (unpaired) electrons. The monoisotopic (exact) mass is 436 g/mol. The molecule has 10 heteroatoms. The summed E-state index contributed by atoms with van der Waals surface area (Å²) < 4.78 is 0. The molecule has 2 amide bonds. The summed E-state index contributed by atoms with van der Waals surface area (Å²) in [5, 5.41) is 23.5. The summed E-state index contributed by atoms with van der Waals surface area (Å²) in [5.41, 5.74) is -0.510. The maximum absolute atomic E-state index is 11.9. The number of nitrogens with one attached hydrogen (secondary N) is 2. The van der Waals surface area contributed by atoms with E-state index in [1.54, 1.807) is 0 Å². The summed E-state index contributed by atoms with van der Waals surface area (Å²) in [6.07, 6.45) is 0.408. The van der Waals surface area contributed by atoms with E-state index < -0.39 is 24.0 Å². The molecule has 0 bridgehead atoms. The van der Waals surface area contributed by atoms with Crippen LogP contribution in [0.4, 0.5) is 0 Å². The van der Waals surface area contributed by atoms with Gasteiger partial charge in [0.05, 0.1) is 0 Å². The van der Waals surface area contributed by atoms with E-state index in [9.17, 15) is 29.4 Å². The van der Waals surface area contributed by atoms with Crippen LogP contribution in [0.5, 0.6) is 0 Å². The summed E-state index contributed by atoms with van der Waals surface area (Å²) in [7, 11) is 2.28. The largest absolute Gasteiger partial charge is 0.480 e. The fourth-order valence-corrected chi connectivity index (χ4v) is 4.35. The Morgan fingerprint density at radius 3 is 1.21 bits per heavy atom. The highest BCUT2D eigenvalue weighted by Crippen LogP contribution is 2.24.